The van der Waals surface area contributed by atoms with Crippen molar-refractivity contribution in [2.45, 2.75) is 71.3 Å². The van der Waals surface area contributed by atoms with E-state index >= 15 is 0 Å². The Bertz CT molecular complexity index is 1300. The van der Waals surface area contributed by atoms with Gasteiger partial charge in [0, 0.05) is 26.9 Å². The van der Waals surface area contributed by atoms with Crippen LogP contribution in [0.4, 0.5) is 10.6 Å². The van der Waals surface area contributed by atoms with Crippen LogP contribution in [0, 0.1) is 0 Å². The second-order valence-corrected chi connectivity index (χ2v) is 23.0. The molecule has 13 heteroatoms. The highest BCUT2D eigenvalue weighted by atomic mass is 35.5. The highest BCUT2D eigenvalue weighted by molar-refractivity contribution is 6.76. The first-order valence-electron chi connectivity index (χ1n) is 12.9. The zero-order valence-electron chi connectivity index (χ0n) is 24.1. The second-order valence-electron chi connectivity index (χ2n) is 12.2. The van der Waals surface area contributed by atoms with Crippen LogP contribution in [0.3, 0.4) is 0 Å². The largest absolute Gasteiger partial charge is 0.490 e. The number of carboxylic acid groups (broad SMARTS) is 1. The fourth-order valence-electron chi connectivity index (χ4n) is 3.54. The highest BCUT2D eigenvalue weighted by Gasteiger charge is 2.37. The number of carbonyl (C=O) groups is 1. The minimum absolute atomic E-state index is 0.0945. The zero-order chi connectivity index (χ0) is 29.0. The maximum Gasteiger partial charge on any atom is 0.410 e. The number of ether oxygens (including phenoxy) is 2. The molecule has 0 saturated carbocycles. The lowest BCUT2D eigenvalue weighted by atomic mass is 10.2. The topological polar surface area (TPSA) is 121 Å². The molecule has 0 radical (unpaired) electrons. The number of rotatable bonds is 12. The maximum absolute atomic E-state index is 11.4. The van der Waals surface area contributed by atoms with Gasteiger partial charge in [-0.15, -0.1) is 0 Å². The van der Waals surface area contributed by atoms with Crippen LogP contribution < -0.4 is 10.1 Å². The summed E-state index contributed by atoms with van der Waals surface area (Å²) in [7, 11) is -3.21. The van der Waals surface area contributed by atoms with E-state index in [9.17, 15) is 9.90 Å². The van der Waals surface area contributed by atoms with Crippen LogP contribution >= 0.6 is 11.6 Å². The second kappa shape index (κ2) is 12.3. The van der Waals surface area contributed by atoms with Gasteiger partial charge in [0.2, 0.25) is 0 Å². The summed E-state index contributed by atoms with van der Waals surface area (Å²) in [5.74, 6) is 0.711. The standard InChI is InChI=1S/C26H40ClN5O5Si2/c1-26(2,3)39(7,8)37-10-9-36-21-14-22(27)28-15-19(21)20-13-18-23(31-25(33)34)29-16-30-24(18)32(20)17-35-11-12-38(4,5)6/h13-16H,9-12,17H2,1-8H3,(H,33,34)(H,29,30,31). The lowest BCUT2D eigenvalue weighted by Gasteiger charge is -2.36. The van der Waals surface area contributed by atoms with Gasteiger partial charge in [0.25, 0.3) is 0 Å². The summed E-state index contributed by atoms with van der Waals surface area (Å²) in [6.07, 6.45) is 1.75. The molecule has 0 aliphatic carbocycles. The number of hydrogen-bond acceptors (Lipinski definition) is 7. The SMILES string of the molecule is CC(C)(C)[Si](C)(C)OCCOc1cc(Cl)ncc1-c1cc2c(NC(=O)O)ncnc2n1COCC[Si](C)(C)C. The lowest BCUT2D eigenvalue weighted by molar-refractivity contribution is 0.0908. The van der Waals surface area contributed by atoms with Crippen molar-refractivity contribution in [3.63, 3.8) is 0 Å². The van der Waals surface area contributed by atoms with Crippen LogP contribution in [0.5, 0.6) is 5.75 Å². The molecule has 1 amide bonds. The summed E-state index contributed by atoms with van der Waals surface area (Å²) in [5.41, 5.74) is 1.88. The first kappa shape index (κ1) is 31.0. The number of nitrogens with one attached hydrogen (secondary N) is 1. The van der Waals surface area contributed by atoms with Crippen LogP contribution in [-0.4, -0.2) is 66.9 Å². The number of halogens is 1. The van der Waals surface area contributed by atoms with Gasteiger partial charge in [0.05, 0.1) is 23.3 Å². The number of fused-ring (bicyclic) bond motifs is 1. The van der Waals surface area contributed by atoms with Gasteiger partial charge in [0.15, 0.2) is 8.32 Å². The minimum Gasteiger partial charge on any atom is -0.490 e. The number of hydrogen-bond donors (Lipinski definition) is 2. The summed E-state index contributed by atoms with van der Waals surface area (Å²) < 4.78 is 20.4. The Morgan fingerprint density at radius 1 is 1.08 bits per heavy atom. The third kappa shape index (κ3) is 8.24. The van der Waals surface area contributed by atoms with E-state index < -0.39 is 22.5 Å². The Balaban J connectivity index is 1.96. The molecular formula is C26H40ClN5O5Si2. The number of amides is 1. The van der Waals surface area contributed by atoms with Gasteiger partial charge in [-0.25, -0.2) is 19.7 Å². The monoisotopic (exact) mass is 593 g/mol. The molecule has 0 aromatic carbocycles. The summed E-state index contributed by atoms with van der Waals surface area (Å²) >= 11 is 6.25. The highest BCUT2D eigenvalue weighted by Crippen LogP contribution is 2.38. The van der Waals surface area contributed by atoms with E-state index in [4.69, 9.17) is 25.5 Å². The van der Waals surface area contributed by atoms with Gasteiger partial charge in [-0.05, 0) is 30.2 Å². The Kier molecular flexibility index (Phi) is 9.81. The number of aromatic nitrogens is 4. The number of nitrogens with zero attached hydrogens (tertiary/aromatic N) is 4. The molecule has 0 unspecified atom stereocenters. The van der Waals surface area contributed by atoms with E-state index in [0.717, 1.165) is 6.04 Å². The molecular weight excluding hydrogens is 554 g/mol. The van der Waals surface area contributed by atoms with Crippen molar-refractivity contribution in [3.05, 3.63) is 29.8 Å². The fraction of sp³-hybridized carbons (Fsp3) is 0.538. The van der Waals surface area contributed by atoms with Gasteiger partial charge >= 0.3 is 6.09 Å². The molecule has 0 saturated heterocycles. The minimum atomic E-state index is -1.92. The Morgan fingerprint density at radius 3 is 2.44 bits per heavy atom. The fourth-order valence-corrected chi connectivity index (χ4v) is 5.47. The third-order valence-electron chi connectivity index (χ3n) is 6.85. The van der Waals surface area contributed by atoms with Crippen LogP contribution in [0.2, 0.25) is 49.0 Å². The van der Waals surface area contributed by atoms with Crippen LogP contribution in [0.15, 0.2) is 24.7 Å². The average molecular weight is 594 g/mol. The molecule has 0 fully saturated rings. The van der Waals surface area contributed by atoms with Crippen molar-refractivity contribution >= 4 is 50.9 Å². The molecule has 2 N–H and O–H groups in total. The summed E-state index contributed by atoms with van der Waals surface area (Å²) in [6.45, 7) is 19.5. The predicted molar refractivity (Wildman–Crippen MR) is 160 cm³/mol. The Morgan fingerprint density at radius 2 is 1.79 bits per heavy atom. The Labute approximate surface area is 237 Å². The smallest absolute Gasteiger partial charge is 0.410 e. The summed E-state index contributed by atoms with van der Waals surface area (Å²) in [6, 6.07) is 4.49. The van der Waals surface area contributed by atoms with Gasteiger partial charge in [-0.3, -0.25) is 5.32 Å². The van der Waals surface area contributed by atoms with Gasteiger partial charge in [-0.2, -0.15) is 0 Å². The molecule has 0 aliphatic rings. The molecule has 214 valence electrons. The van der Waals surface area contributed by atoms with Gasteiger partial charge in [-0.1, -0.05) is 52.0 Å². The predicted octanol–water partition coefficient (Wildman–Crippen LogP) is 6.95. The molecule has 10 nitrogen and oxygen atoms in total. The van der Waals surface area contributed by atoms with E-state index in [0.29, 0.717) is 53.0 Å². The molecule has 0 aliphatic heterocycles. The van der Waals surface area contributed by atoms with Crippen molar-refractivity contribution in [1.29, 1.82) is 0 Å². The van der Waals surface area contributed by atoms with Crippen molar-refractivity contribution < 1.29 is 23.8 Å². The molecule has 3 aromatic rings. The van der Waals surface area contributed by atoms with Gasteiger partial charge < -0.3 is 23.6 Å². The summed E-state index contributed by atoms with van der Waals surface area (Å²) in [5, 5.41) is 12.6. The number of pyridine rings is 1. The quantitative estimate of drug-likeness (QED) is 0.131. The molecule has 0 spiro atoms. The molecule has 0 bridgehead atoms. The van der Waals surface area contributed by atoms with E-state index in [1.807, 2.05) is 10.6 Å². The molecule has 3 rings (SSSR count). The molecule has 0 atom stereocenters. The number of anilines is 1. The van der Waals surface area contributed by atoms with Crippen molar-refractivity contribution in [2.24, 2.45) is 0 Å². The molecule has 39 heavy (non-hydrogen) atoms. The summed E-state index contributed by atoms with van der Waals surface area (Å²) in [4.78, 5) is 24.3. The van der Waals surface area contributed by atoms with E-state index in [-0.39, 0.29) is 17.6 Å². The van der Waals surface area contributed by atoms with Crippen molar-refractivity contribution in [3.8, 4) is 17.0 Å². The normalized spacial score (nSPS) is 12.6. The first-order valence-corrected chi connectivity index (χ1v) is 19.9. The Hall–Kier alpha value is -2.52. The van der Waals surface area contributed by atoms with Crippen LogP contribution in [0.25, 0.3) is 22.3 Å². The molecule has 3 aromatic heterocycles. The van der Waals surface area contributed by atoms with Crippen molar-refractivity contribution in [2.75, 3.05) is 25.1 Å². The van der Waals surface area contributed by atoms with Crippen LogP contribution in [-0.2, 0) is 15.9 Å². The average Bonchev–Trinajstić information content (AvgIpc) is 3.17. The first-order chi connectivity index (χ1) is 18.1. The van der Waals surface area contributed by atoms with E-state index in [1.165, 1.54) is 6.33 Å². The lowest BCUT2D eigenvalue weighted by Crippen LogP contribution is -2.41. The van der Waals surface area contributed by atoms with Crippen molar-refractivity contribution in [1.82, 2.24) is 19.5 Å². The van der Waals surface area contributed by atoms with Crippen LogP contribution in [0.1, 0.15) is 20.8 Å². The third-order valence-corrected chi connectivity index (χ3v) is 13.3. The maximum atomic E-state index is 11.4. The van der Waals surface area contributed by atoms with E-state index in [1.54, 1.807) is 12.3 Å². The van der Waals surface area contributed by atoms with Gasteiger partial charge in [0.1, 0.15) is 42.0 Å². The zero-order valence-corrected chi connectivity index (χ0v) is 26.8. The molecule has 3 heterocycles. The van der Waals surface area contributed by atoms with E-state index in [2.05, 4.69) is 73.8 Å².